The van der Waals surface area contributed by atoms with Gasteiger partial charge in [-0.15, -0.1) is 12.4 Å². The van der Waals surface area contributed by atoms with Gasteiger partial charge in [0.2, 0.25) is 4.80 Å². The van der Waals surface area contributed by atoms with Gasteiger partial charge in [0, 0.05) is 12.1 Å². The van der Waals surface area contributed by atoms with Crippen molar-refractivity contribution in [3.63, 3.8) is 0 Å². The molecule has 0 amide bonds. The summed E-state index contributed by atoms with van der Waals surface area (Å²) in [5.74, 6) is 1.75. The van der Waals surface area contributed by atoms with Crippen LogP contribution in [0.15, 0.2) is 59.6 Å². The minimum atomic E-state index is 0. The molecule has 3 aromatic rings. The monoisotopic (exact) mass is 389 g/mol. The smallest absolute Gasteiger partial charge is 0.223 e. The number of methoxy groups -OCH3 is 1. The van der Waals surface area contributed by atoms with Crippen molar-refractivity contribution in [2.45, 2.75) is 26.2 Å². The molecule has 0 spiro atoms. The van der Waals surface area contributed by atoms with Crippen molar-refractivity contribution in [1.29, 1.82) is 0 Å². The minimum absolute atomic E-state index is 0. The summed E-state index contributed by atoms with van der Waals surface area (Å²) in [7, 11) is 1.68. The summed E-state index contributed by atoms with van der Waals surface area (Å²) in [6, 6.07) is 18.3. The molecule has 0 aliphatic heterocycles. The Labute approximate surface area is 164 Å². The molecule has 0 saturated carbocycles. The second-order valence-electron chi connectivity index (χ2n) is 5.76. The third kappa shape index (κ3) is 4.96. The second-order valence-corrected chi connectivity index (χ2v) is 6.67. The Morgan fingerprint density at radius 1 is 1.04 bits per heavy atom. The molecule has 138 valence electrons. The van der Waals surface area contributed by atoms with Crippen LogP contribution >= 0.6 is 23.9 Å². The number of aromatic nitrogens is 2. The summed E-state index contributed by atoms with van der Waals surface area (Å²) in [4.78, 5) is 10.3. The topological polar surface area (TPSA) is 39.4 Å². The van der Waals surface area contributed by atoms with Gasteiger partial charge in [-0.1, -0.05) is 38.0 Å². The fourth-order valence-electron chi connectivity index (χ4n) is 2.54. The highest BCUT2D eigenvalue weighted by molar-refractivity contribution is 7.04. The van der Waals surface area contributed by atoms with Gasteiger partial charge in [-0.25, -0.2) is 3.96 Å². The maximum atomic E-state index is 5.26. The van der Waals surface area contributed by atoms with E-state index in [9.17, 15) is 0 Å². The molecule has 0 fully saturated rings. The van der Waals surface area contributed by atoms with Crippen molar-refractivity contribution in [3.05, 3.63) is 59.4 Å². The lowest BCUT2D eigenvalue weighted by Crippen LogP contribution is -2.00. The quantitative estimate of drug-likeness (QED) is 0.526. The number of nitrogens with zero attached hydrogens (tertiary/aromatic N) is 3. The van der Waals surface area contributed by atoms with Crippen molar-refractivity contribution < 1.29 is 4.74 Å². The number of ether oxygens (including phenoxy) is 1. The Balaban J connectivity index is 0.00000243. The van der Waals surface area contributed by atoms with Gasteiger partial charge in [0.15, 0.2) is 5.82 Å². The molecule has 0 saturated heterocycles. The van der Waals surface area contributed by atoms with E-state index >= 15 is 0 Å². The summed E-state index contributed by atoms with van der Waals surface area (Å²) in [6.45, 7) is 3.03. The molecule has 1 aromatic heterocycles. The molecule has 0 unspecified atom stereocenters. The van der Waals surface area contributed by atoms with Crippen LogP contribution in [0.3, 0.4) is 0 Å². The summed E-state index contributed by atoms with van der Waals surface area (Å²) < 4.78 is 7.40. The van der Waals surface area contributed by atoms with E-state index in [0.29, 0.717) is 0 Å². The Hall–Kier alpha value is -2.11. The number of halogens is 1. The highest BCUT2D eigenvalue weighted by atomic mass is 35.5. The largest absolute Gasteiger partial charge is 0.497 e. The molecule has 0 aliphatic rings. The SMILES string of the molecule is CCCCC/N=c1\nc(-c2ccc(OC)cc2)n(-c2ccccc2)s1.Cl. The molecule has 6 heteroatoms. The zero-order valence-corrected chi connectivity index (χ0v) is 16.7. The van der Waals surface area contributed by atoms with E-state index in [4.69, 9.17) is 9.72 Å². The van der Waals surface area contributed by atoms with Crippen molar-refractivity contribution in [2.24, 2.45) is 4.99 Å². The van der Waals surface area contributed by atoms with Crippen LogP contribution in [0.5, 0.6) is 5.75 Å². The molecular formula is C20H24ClN3OS. The van der Waals surface area contributed by atoms with E-state index in [2.05, 4.69) is 28.0 Å². The van der Waals surface area contributed by atoms with Gasteiger partial charge in [0.05, 0.1) is 12.8 Å². The van der Waals surface area contributed by atoms with Gasteiger partial charge in [-0.3, -0.25) is 4.99 Å². The second kappa shape index (κ2) is 10.1. The molecule has 3 rings (SSSR count). The Bertz CT molecular complexity index is 857. The summed E-state index contributed by atoms with van der Waals surface area (Å²) in [5.41, 5.74) is 2.15. The first-order valence-electron chi connectivity index (χ1n) is 8.62. The van der Waals surface area contributed by atoms with Crippen molar-refractivity contribution >= 4 is 23.9 Å². The molecule has 4 nitrogen and oxygen atoms in total. The molecule has 26 heavy (non-hydrogen) atoms. The van der Waals surface area contributed by atoms with Crippen molar-refractivity contribution in [3.8, 4) is 22.8 Å². The number of hydrogen-bond donors (Lipinski definition) is 0. The highest BCUT2D eigenvalue weighted by Crippen LogP contribution is 2.24. The Morgan fingerprint density at radius 2 is 1.77 bits per heavy atom. The predicted molar refractivity (Wildman–Crippen MR) is 111 cm³/mol. The standard InChI is InChI=1S/C20H23N3OS.ClH/c1-3-4-8-15-21-20-22-19(16-11-13-18(24-2)14-12-16)23(25-20)17-9-6-5-7-10-17;/h5-7,9-14H,3-4,8,15H2,1-2H3;1H/b21-20+;. The average molecular weight is 390 g/mol. The van der Waals surface area contributed by atoms with Gasteiger partial charge in [0.25, 0.3) is 0 Å². The normalized spacial score (nSPS) is 11.2. The van der Waals surface area contributed by atoms with Crippen molar-refractivity contribution in [1.82, 2.24) is 8.94 Å². The highest BCUT2D eigenvalue weighted by Gasteiger charge is 2.11. The van der Waals surface area contributed by atoms with E-state index < -0.39 is 0 Å². The van der Waals surface area contributed by atoms with Crippen molar-refractivity contribution in [2.75, 3.05) is 13.7 Å². The minimum Gasteiger partial charge on any atom is -0.497 e. The van der Waals surface area contributed by atoms with Gasteiger partial charge in [-0.2, -0.15) is 4.98 Å². The maximum absolute atomic E-state index is 5.26. The van der Waals surface area contributed by atoms with E-state index in [-0.39, 0.29) is 12.4 Å². The molecule has 2 aromatic carbocycles. The lowest BCUT2D eigenvalue weighted by Gasteiger charge is -2.06. The number of benzene rings is 2. The third-order valence-electron chi connectivity index (χ3n) is 3.91. The van der Waals surface area contributed by atoms with Crippen LogP contribution < -0.4 is 9.54 Å². The number of unbranched alkanes of at least 4 members (excludes halogenated alkanes) is 2. The Morgan fingerprint density at radius 3 is 2.42 bits per heavy atom. The van der Waals surface area contributed by atoms with Gasteiger partial charge in [0.1, 0.15) is 5.75 Å². The first-order valence-corrected chi connectivity index (χ1v) is 9.40. The zero-order valence-electron chi connectivity index (χ0n) is 15.1. The lowest BCUT2D eigenvalue weighted by atomic mass is 10.2. The number of rotatable bonds is 7. The van der Waals surface area contributed by atoms with E-state index in [1.54, 1.807) is 18.6 Å². The van der Waals surface area contributed by atoms with E-state index in [0.717, 1.165) is 40.6 Å². The number of hydrogen-bond acceptors (Lipinski definition) is 4. The summed E-state index contributed by atoms with van der Waals surface area (Å²) in [5, 5.41) is 0. The maximum Gasteiger partial charge on any atom is 0.223 e. The Kier molecular flexibility index (Phi) is 7.88. The van der Waals surface area contributed by atoms with Crippen LogP contribution in [-0.4, -0.2) is 22.6 Å². The van der Waals surface area contributed by atoms with Gasteiger partial charge < -0.3 is 4.74 Å². The summed E-state index contributed by atoms with van der Waals surface area (Å²) in [6.07, 6.45) is 3.52. The molecule has 0 N–H and O–H groups in total. The van der Waals surface area contributed by atoms with Crippen LogP contribution in [0.4, 0.5) is 0 Å². The van der Waals surface area contributed by atoms with Crippen LogP contribution in [-0.2, 0) is 0 Å². The third-order valence-corrected chi connectivity index (χ3v) is 4.86. The lowest BCUT2D eigenvalue weighted by molar-refractivity contribution is 0.415. The molecule has 0 bridgehead atoms. The fourth-order valence-corrected chi connectivity index (χ4v) is 3.44. The molecule has 0 radical (unpaired) electrons. The molecule has 0 aliphatic carbocycles. The van der Waals surface area contributed by atoms with Crippen LogP contribution in [0.2, 0.25) is 0 Å². The molecule has 1 heterocycles. The van der Waals surface area contributed by atoms with Crippen LogP contribution in [0.25, 0.3) is 17.1 Å². The van der Waals surface area contributed by atoms with Gasteiger partial charge >= 0.3 is 0 Å². The predicted octanol–water partition coefficient (Wildman–Crippen LogP) is 5.12. The molecular weight excluding hydrogens is 366 g/mol. The van der Waals surface area contributed by atoms with E-state index in [1.807, 2.05) is 42.5 Å². The first-order chi connectivity index (χ1) is 12.3. The summed E-state index contributed by atoms with van der Waals surface area (Å²) >= 11 is 1.58. The van der Waals surface area contributed by atoms with Crippen LogP contribution in [0.1, 0.15) is 26.2 Å². The average Bonchev–Trinajstić information content (AvgIpc) is 3.10. The first kappa shape index (κ1) is 20.2. The van der Waals surface area contributed by atoms with Crippen LogP contribution in [0, 0.1) is 0 Å². The van der Waals surface area contributed by atoms with E-state index in [1.165, 1.54) is 12.8 Å². The van der Waals surface area contributed by atoms with Gasteiger partial charge in [-0.05, 0) is 54.4 Å². The number of para-hydroxylation sites is 1. The fraction of sp³-hybridized carbons (Fsp3) is 0.300. The molecule has 0 atom stereocenters. The zero-order chi connectivity index (χ0) is 17.5.